The van der Waals surface area contributed by atoms with E-state index in [0.29, 0.717) is 28.7 Å². The Morgan fingerprint density at radius 2 is 1.73 bits per heavy atom. The molecule has 0 aromatic heterocycles. The highest BCUT2D eigenvalue weighted by atomic mass is 35.5. The van der Waals surface area contributed by atoms with Gasteiger partial charge in [-0.3, -0.25) is 9.59 Å². The second-order valence-corrected chi connectivity index (χ2v) is 11.9. The van der Waals surface area contributed by atoms with Crippen molar-refractivity contribution in [1.82, 2.24) is 9.80 Å². The summed E-state index contributed by atoms with van der Waals surface area (Å²) >= 11 is 12.6. The Balaban J connectivity index is 1.28. The molecule has 0 bridgehead atoms. The highest BCUT2D eigenvalue weighted by molar-refractivity contribution is 6.42. The summed E-state index contributed by atoms with van der Waals surface area (Å²) in [6.07, 6.45) is 2.55. The van der Waals surface area contributed by atoms with Crippen LogP contribution in [0.3, 0.4) is 0 Å². The zero-order chi connectivity index (χ0) is 28.4. The minimum atomic E-state index is -0.260. The molecular formula is C32H34Cl2FN3O2. The van der Waals surface area contributed by atoms with Gasteiger partial charge in [-0.05, 0) is 92.5 Å². The maximum Gasteiger partial charge on any atom is 0.253 e. The van der Waals surface area contributed by atoms with Crippen molar-refractivity contribution in [2.24, 2.45) is 0 Å². The van der Waals surface area contributed by atoms with Crippen molar-refractivity contribution in [2.75, 3.05) is 44.7 Å². The summed E-state index contributed by atoms with van der Waals surface area (Å²) in [5.74, 6) is -0.221. The van der Waals surface area contributed by atoms with Crippen molar-refractivity contribution in [3.63, 3.8) is 0 Å². The van der Waals surface area contributed by atoms with E-state index in [0.717, 1.165) is 55.7 Å². The first-order chi connectivity index (χ1) is 19.2. The van der Waals surface area contributed by atoms with Crippen LogP contribution in [0.25, 0.3) is 0 Å². The molecule has 2 heterocycles. The van der Waals surface area contributed by atoms with Gasteiger partial charge in [0.15, 0.2) is 0 Å². The maximum atomic E-state index is 14.2. The summed E-state index contributed by atoms with van der Waals surface area (Å²) in [5, 5.41) is 1.01. The lowest BCUT2D eigenvalue weighted by Crippen LogP contribution is -2.46. The van der Waals surface area contributed by atoms with Crippen LogP contribution in [0, 0.1) is 5.82 Å². The average Bonchev–Trinajstić information content (AvgIpc) is 3.26. The minimum Gasteiger partial charge on any atom is -0.341 e. The highest BCUT2D eigenvalue weighted by Crippen LogP contribution is 2.47. The number of likely N-dealkylation sites (N-methyl/N-ethyl adjacent to an activating group) is 1. The number of hydrogen-bond acceptors (Lipinski definition) is 3. The van der Waals surface area contributed by atoms with E-state index in [4.69, 9.17) is 23.2 Å². The highest BCUT2D eigenvalue weighted by Gasteiger charge is 2.45. The molecular weight excluding hydrogens is 548 g/mol. The molecule has 8 heteroatoms. The molecule has 0 unspecified atom stereocenters. The predicted molar refractivity (Wildman–Crippen MR) is 159 cm³/mol. The third kappa shape index (κ3) is 5.90. The van der Waals surface area contributed by atoms with Crippen LogP contribution in [0.5, 0.6) is 0 Å². The molecule has 40 heavy (non-hydrogen) atoms. The Morgan fingerprint density at radius 3 is 2.40 bits per heavy atom. The van der Waals surface area contributed by atoms with E-state index >= 15 is 0 Å². The van der Waals surface area contributed by atoms with Gasteiger partial charge in [0, 0.05) is 49.6 Å². The molecule has 1 spiro atoms. The number of nitrogens with zero attached hydrogens (tertiary/aromatic N) is 3. The van der Waals surface area contributed by atoms with E-state index in [-0.39, 0.29) is 29.0 Å². The molecule has 2 amide bonds. The molecule has 0 N–H and O–H groups in total. The summed E-state index contributed by atoms with van der Waals surface area (Å²) in [5.41, 5.74) is 3.29. The number of benzene rings is 3. The summed E-state index contributed by atoms with van der Waals surface area (Å²) in [7, 11) is 1.84. The number of piperidine rings is 1. The lowest BCUT2D eigenvalue weighted by Gasteiger charge is -2.40. The third-order valence-corrected chi connectivity index (χ3v) is 9.28. The fraction of sp³-hybridized carbons (Fsp3) is 0.375. The molecule has 0 saturated carbocycles. The number of fused-ring (bicyclic) bond motifs is 2. The number of halogens is 3. The van der Waals surface area contributed by atoms with Crippen LogP contribution >= 0.6 is 23.2 Å². The molecule has 1 saturated heterocycles. The van der Waals surface area contributed by atoms with Crippen LogP contribution in [-0.4, -0.2) is 61.4 Å². The fourth-order valence-corrected chi connectivity index (χ4v) is 6.54. The van der Waals surface area contributed by atoms with Gasteiger partial charge >= 0.3 is 0 Å². The van der Waals surface area contributed by atoms with Crippen LogP contribution in [-0.2, 0) is 10.2 Å². The standard InChI is InChI=1S/C32H34Cl2FN3O2/c1-22(39)38-21-32(27-19-26(35)9-11-30(27)38)13-16-37(17-14-32)15-12-25(24-8-10-28(33)29(34)18-24)20-36(2)31(40)23-6-4-3-5-7-23/h3-11,18-19,25H,12-17,20-21H2,1-2H3/t25-/m1/s1. The van der Waals surface area contributed by atoms with Gasteiger partial charge in [0.05, 0.1) is 10.0 Å². The van der Waals surface area contributed by atoms with Crippen LogP contribution in [0.4, 0.5) is 10.1 Å². The zero-order valence-corrected chi connectivity index (χ0v) is 24.4. The Morgan fingerprint density at radius 1 is 1.00 bits per heavy atom. The van der Waals surface area contributed by atoms with Gasteiger partial charge in [0.25, 0.3) is 5.91 Å². The van der Waals surface area contributed by atoms with E-state index in [1.54, 1.807) is 28.9 Å². The predicted octanol–water partition coefficient (Wildman–Crippen LogP) is 6.78. The van der Waals surface area contributed by atoms with Gasteiger partial charge in [0.2, 0.25) is 5.91 Å². The smallest absolute Gasteiger partial charge is 0.253 e. The molecule has 0 radical (unpaired) electrons. The van der Waals surface area contributed by atoms with E-state index in [1.165, 1.54) is 6.07 Å². The van der Waals surface area contributed by atoms with Crippen molar-refractivity contribution in [3.8, 4) is 0 Å². The van der Waals surface area contributed by atoms with E-state index < -0.39 is 0 Å². The Kier molecular flexibility index (Phi) is 8.50. The second kappa shape index (κ2) is 11.9. The van der Waals surface area contributed by atoms with Crippen molar-refractivity contribution in [3.05, 3.63) is 99.3 Å². The molecule has 210 valence electrons. The lowest BCUT2D eigenvalue weighted by molar-refractivity contribution is -0.116. The Hall–Kier alpha value is -2.93. The number of carbonyl (C=O) groups excluding carboxylic acids is 2. The summed E-state index contributed by atoms with van der Waals surface area (Å²) in [4.78, 5) is 31.4. The lowest BCUT2D eigenvalue weighted by atomic mass is 9.74. The monoisotopic (exact) mass is 581 g/mol. The van der Waals surface area contributed by atoms with Gasteiger partial charge in [0.1, 0.15) is 5.82 Å². The van der Waals surface area contributed by atoms with Crippen LogP contribution < -0.4 is 4.90 Å². The quantitative estimate of drug-likeness (QED) is 0.309. The normalized spacial score (nSPS) is 17.1. The molecule has 1 fully saturated rings. The molecule has 5 rings (SSSR count). The topological polar surface area (TPSA) is 43.9 Å². The van der Waals surface area contributed by atoms with Gasteiger partial charge in [-0.1, -0.05) is 47.5 Å². The number of anilines is 1. The number of amides is 2. The molecule has 3 aromatic carbocycles. The number of carbonyl (C=O) groups is 2. The molecule has 3 aromatic rings. The first-order valence-corrected chi connectivity index (χ1v) is 14.5. The molecule has 5 nitrogen and oxygen atoms in total. The van der Waals surface area contributed by atoms with Crippen molar-refractivity contribution in [2.45, 2.75) is 37.5 Å². The van der Waals surface area contributed by atoms with E-state index in [1.807, 2.05) is 55.6 Å². The summed E-state index contributed by atoms with van der Waals surface area (Å²) < 4.78 is 14.2. The first kappa shape index (κ1) is 28.6. The Bertz CT molecular complexity index is 1390. The van der Waals surface area contributed by atoms with E-state index in [2.05, 4.69) is 4.90 Å². The fourth-order valence-electron chi connectivity index (χ4n) is 6.24. The van der Waals surface area contributed by atoms with Crippen LogP contribution in [0.15, 0.2) is 66.7 Å². The third-order valence-electron chi connectivity index (χ3n) is 8.55. The van der Waals surface area contributed by atoms with Crippen molar-refractivity contribution in [1.29, 1.82) is 0 Å². The summed E-state index contributed by atoms with van der Waals surface area (Å²) in [6, 6.07) is 19.8. The molecule has 1 atom stereocenters. The van der Waals surface area contributed by atoms with Crippen molar-refractivity contribution < 1.29 is 14.0 Å². The molecule has 2 aliphatic heterocycles. The van der Waals surface area contributed by atoms with E-state index in [9.17, 15) is 14.0 Å². The summed E-state index contributed by atoms with van der Waals surface area (Å²) in [6.45, 7) is 5.28. The minimum absolute atomic E-state index is 0.00852. The van der Waals surface area contributed by atoms with Crippen LogP contribution in [0.1, 0.15) is 53.6 Å². The van der Waals surface area contributed by atoms with Crippen LogP contribution in [0.2, 0.25) is 10.0 Å². The number of likely N-dealkylation sites (tertiary alicyclic amines) is 1. The van der Waals surface area contributed by atoms with Gasteiger partial charge in [-0.25, -0.2) is 4.39 Å². The maximum absolute atomic E-state index is 14.2. The average molecular weight is 583 g/mol. The molecule has 2 aliphatic rings. The molecule has 0 aliphatic carbocycles. The SMILES string of the molecule is CC(=O)N1CC2(CCN(CC[C@H](CN(C)C(=O)c3ccccc3)c3ccc(Cl)c(Cl)c3)CC2)c2cc(F)ccc21. The Labute approximate surface area is 245 Å². The van der Waals surface area contributed by atoms with Crippen molar-refractivity contribution >= 4 is 40.7 Å². The van der Waals surface area contributed by atoms with Gasteiger partial charge in [-0.15, -0.1) is 0 Å². The van der Waals surface area contributed by atoms with Gasteiger partial charge < -0.3 is 14.7 Å². The zero-order valence-electron chi connectivity index (χ0n) is 22.9. The number of rotatable bonds is 7. The van der Waals surface area contributed by atoms with Gasteiger partial charge in [-0.2, -0.15) is 0 Å². The second-order valence-electron chi connectivity index (χ2n) is 11.1. The number of hydrogen-bond donors (Lipinski definition) is 0. The first-order valence-electron chi connectivity index (χ1n) is 13.7. The largest absolute Gasteiger partial charge is 0.341 e.